The highest BCUT2D eigenvalue weighted by Gasteiger charge is 2.37. The van der Waals surface area contributed by atoms with Gasteiger partial charge in [-0.15, -0.1) is 0 Å². The fraction of sp³-hybridized carbons (Fsp3) is 0.400. The second kappa shape index (κ2) is 6.67. The van der Waals surface area contributed by atoms with Gasteiger partial charge in [0.2, 0.25) is 0 Å². The molecule has 27 heavy (non-hydrogen) atoms. The van der Waals surface area contributed by atoms with Crippen LogP contribution >= 0.6 is 0 Å². The molecule has 0 fully saturated rings. The molecule has 2 aromatic rings. The van der Waals surface area contributed by atoms with Crippen molar-refractivity contribution in [3.05, 3.63) is 75.9 Å². The molecule has 0 radical (unpaired) electrons. The van der Waals surface area contributed by atoms with E-state index in [9.17, 15) is 4.79 Å². The van der Waals surface area contributed by atoms with E-state index >= 15 is 0 Å². The van der Waals surface area contributed by atoms with Crippen molar-refractivity contribution in [2.24, 2.45) is 0 Å². The average molecular weight is 363 g/mol. The molecule has 0 bridgehead atoms. The van der Waals surface area contributed by atoms with Crippen LogP contribution < -0.4 is 0 Å². The minimum absolute atomic E-state index is 0.166. The lowest BCUT2D eigenvalue weighted by molar-refractivity contribution is 0.0697. The predicted molar refractivity (Wildman–Crippen MR) is 113 cm³/mol. The number of hydrogen-bond acceptors (Lipinski definition) is 1. The largest absolute Gasteiger partial charge is 0.478 e. The second-order valence-corrected chi connectivity index (χ2v) is 9.07. The summed E-state index contributed by atoms with van der Waals surface area (Å²) < 4.78 is 0. The molecule has 1 aliphatic rings. The minimum Gasteiger partial charge on any atom is -0.478 e. The first kappa shape index (κ1) is 19.4. The summed E-state index contributed by atoms with van der Waals surface area (Å²) in [6.45, 7) is 13.6. The van der Waals surface area contributed by atoms with E-state index in [2.05, 4.69) is 59.8 Å². The van der Waals surface area contributed by atoms with Gasteiger partial charge in [0.15, 0.2) is 0 Å². The van der Waals surface area contributed by atoms with E-state index in [1.807, 2.05) is 12.1 Å². The first-order valence-electron chi connectivity index (χ1n) is 9.73. The molecule has 2 nitrogen and oxygen atoms in total. The summed E-state index contributed by atoms with van der Waals surface area (Å²) in [5.74, 6) is -0.891. The summed E-state index contributed by atoms with van der Waals surface area (Å²) in [6, 6.07) is 11.9. The molecule has 0 amide bonds. The number of carboxylic acids is 1. The zero-order chi connectivity index (χ0) is 20.0. The Bertz CT molecular complexity index is 912. The monoisotopic (exact) mass is 362 g/mol. The van der Waals surface area contributed by atoms with E-state index < -0.39 is 5.97 Å². The van der Waals surface area contributed by atoms with E-state index in [4.69, 9.17) is 5.11 Å². The molecule has 0 unspecified atom stereocenters. The summed E-state index contributed by atoms with van der Waals surface area (Å²) in [4.78, 5) is 11.2. The van der Waals surface area contributed by atoms with Crippen molar-refractivity contribution in [3.8, 4) is 0 Å². The smallest absolute Gasteiger partial charge is 0.335 e. The number of hydrogen-bond donors (Lipinski definition) is 1. The Balaban J connectivity index is 2.15. The Morgan fingerprint density at radius 1 is 0.926 bits per heavy atom. The topological polar surface area (TPSA) is 37.3 Å². The molecule has 1 aliphatic carbocycles. The molecule has 0 aromatic heterocycles. The van der Waals surface area contributed by atoms with Gasteiger partial charge >= 0.3 is 5.97 Å². The van der Waals surface area contributed by atoms with Crippen LogP contribution in [0.4, 0.5) is 0 Å². The van der Waals surface area contributed by atoms with Crippen molar-refractivity contribution in [2.45, 2.75) is 65.2 Å². The summed E-state index contributed by atoms with van der Waals surface area (Å²) in [6.07, 6.45) is 4.53. The molecule has 2 heteroatoms. The van der Waals surface area contributed by atoms with Crippen molar-refractivity contribution in [3.63, 3.8) is 0 Å². The molecule has 2 aromatic carbocycles. The first-order valence-corrected chi connectivity index (χ1v) is 9.73. The second-order valence-electron chi connectivity index (χ2n) is 9.07. The summed E-state index contributed by atoms with van der Waals surface area (Å²) >= 11 is 0. The van der Waals surface area contributed by atoms with Gasteiger partial charge in [-0.25, -0.2) is 4.79 Å². The average Bonchev–Trinajstić information content (AvgIpc) is 2.61. The third-order valence-corrected chi connectivity index (χ3v) is 6.22. The Hall–Kier alpha value is -2.35. The van der Waals surface area contributed by atoms with Crippen LogP contribution in [-0.4, -0.2) is 11.1 Å². The van der Waals surface area contributed by atoms with Gasteiger partial charge in [-0.05, 0) is 83.0 Å². The third kappa shape index (κ3) is 3.45. The summed E-state index contributed by atoms with van der Waals surface area (Å²) in [5.41, 5.74) is 8.33. The molecule has 3 rings (SSSR count). The maximum atomic E-state index is 11.2. The Morgan fingerprint density at radius 3 is 1.89 bits per heavy atom. The van der Waals surface area contributed by atoms with Gasteiger partial charge in [0.1, 0.15) is 0 Å². The van der Waals surface area contributed by atoms with Gasteiger partial charge < -0.3 is 5.11 Å². The number of carboxylic acid groups (broad SMARTS) is 1. The maximum Gasteiger partial charge on any atom is 0.335 e. The van der Waals surface area contributed by atoms with E-state index in [-0.39, 0.29) is 10.8 Å². The molecular formula is C25H30O2. The highest BCUT2D eigenvalue weighted by molar-refractivity contribution is 5.89. The number of aryl methyl sites for hydroxylation is 1. The molecule has 142 valence electrons. The van der Waals surface area contributed by atoms with Gasteiger partial charge in [-0.1, -0.05) is 58.0 Å². The van der Waals surface area contributed by atoms with Crippen LogP contribution in [0, 0.1) is 6.92 Å². The molecule has 0 atom stereocenters. The van der Waals surface area contributed by atoms with E-state index in [1.165, 1.54) is 35.1 Å². The van der Waals surface area contributed by atoms with Gasteiger partial charge in [0.25, 0.3) is 0 Å². The summed E-state index contributed by atoms with van der Waals surface area (Å²) in [5, 5.41) is 9.16. The zero-order valence-corrected chi connectivity index (χ0v) is 17.3. The van der Waals surface area contributed by atoms with Crippen molar-refractivity contribution < 1.29 is 9.90 Å². The van der Waals surface area contributed by atoms with Crippen LogP contribution in [0.5, 0.6) is 0 Å². The SMILES string of the molecule is CC=C(c1ccc(C(=O)O)cc1)c1cc2c(cc1C)C(C)(C)CCC2(C)C. The van der Waals surface area contributed by atoms with Crippen molar-refractivity contribution in [1.82, 2.24) is 0 Å². The van der Waals surface area contributed by atoms with E-state index in [0.29, 0.717) is 5.56 Å². The van der Waals surface area contributed by atoms with Gasteiger partial charge in [0, 0.05) is 0 Å². The molecule has 0 spiro atoms. The van der Waals surface area contributed by atoms with Crippen LogP contribution in [0.3, 0.4) is 0 Å². The van der Waals surface area contributed by atoms with Crippen LogP contribution in [0.15, 0.2) is 42.5 Å². The molecule has 0 heterocycles. The van der Waals surface area contributed by atoms with E-state index in [1.54, 1.807) is 12.1 Å². The molecule has 0 aliphatic heterocycles. The quantitative estimate of drug-likeness (QED) is 0.677. The Morgan fingerprint density at radius 2 is 1.41 bits per heavy atom. The van der Waals surface area contributed by atoms with Crippen LogP contribution in [0.1, 0.15) is 85.6 Å². The molecule has 0 saturated carbocycles. The molecule has 1 N–H and O–H groups in total. The Labute approximate surface area is 162 Å². The minimum atomic E-state index is -0.891. The van der Waals surface area contributed by atoms with Crippen molar-refractivity contribution in [2.75, 3.05) is 0 Å². The van der Waals surface area contributed by atoms with Crippen molar-refractivity contribution >= 4 is 11.5 Å². The number of benzene rings is 2. The van der Waals surface area contributed by atoms with E-state index in [0.717, 1.165) is 11.1 Å². The first-order chi connectivity index (χ1) is 12.6. The lowest BCUT2D eigenvalue weighted by Crippen LogP contribution is -2.34. The normalized spacial score (nSPS) is 18.1. The number of aromatic carboxylic acids is 1. The fourth-order valence-corrected chi connectivity index (χ4v) is 4.28. The standard InChI is InChI=1S/C25H30O2/c1-7-19(17-8-10-18(11-9-17)23(26)27)20-15-22-21(14-16(20)2)24(3,4)12-13-25(22,5)6/h7-11,14-15H,12-13H2,1-6H3,(H,26,27). The Kier molecular flexibility index (Phi) is 4.80. The molecule has 0 saturated heterocycles. The van der Waals surface area contributed by atoms with Crippen LogP contribution in [0.2, 0.25) is 0 Å². The third-order valence-electron chi connectivity index (χ3n) is 6.22. The van der Waals surface area contributed by atoms with Crippen molar-refractivity contribution in [1.29, 1.82) is 0 Å². The lowest BCUT2D eigenvalue weighted by atomic mass is 9.62. The predicted octanol–water partition coefficient (Wildman–Crippen LogP) is 6.49. The maximum absolute atomic E-state index is 11.2. The van der Waals surface area contributed by atoms with Gasteiger partial charge in [0.05, 0.1) is 5.56 Å². The summed E-state index contributed by atoms with van der Waals surface area (Å²) in [7, 11) is 0. The number of carbonyl (C=O) groups is 1. The lowest BCUT2D eigenvalue weighted by Gasteiger charge is -2.42. The van der Waals surface area contributed by atoms with Crippen LogP contribution in [-0.2, 0) is 10.8 Å². The highest BCUT2D eigenvalue weighted by atomic mass is 16.4. The van der Waals surface area contributed by atoms with Gasteiger partial charge in [-0.2, -0.15) is 0 Å². The number of allylic oxidation sites excluding steroid dienone is 1. The van der Waals surface area contributed by atoms with Gasteiger partial charge in [-0.3, -0.25) is 0 Å². The fourth-order valence-electron chi connectivity index (χ4n) is 4.28. The zero-order valence-electron chi connectivity index (χ0n) is 17.3. The highest BCUT2D eigenvalue weighted by Crippen LogP contribution is 2.47. The number of fused-ring (bicyclic) bond motifs is 1. The molecular weight excluding hydrogens is 332 g/mol. The van der Waals surface area contributed by atoms with Crippen LogP contribution in [0.25, 0.3) is 5.57 Å². The number of rotatable bonds is 3.